The molecule has 0 aromatic carbocycles. The van der Waals surface area contributed by atoms with Crippen LogP contribution in [0.3, 0.4) is 0 Å². The summed E-state index contributed by atoms with van der Waals surface area (Å²) in [6.07, 6.45) is -3.01. The molecule has 1 aliphatic heterocycles. The van der Waals surface area contributed by atoms with Crippen LogP contribution in [0.25, 0.3) is 0 Å². The van der Waals surface area contributed by atoms with Crippen LogP contribution in [0.15, 0.2) is 11.1 Å². The largest absolute Gasteiger partial charge is 0.522 e. The molecule has 10 heteroatoms. The van der Waals surface area contributed by atoms with Crippen molar-refractivity contribution in [2.75, 3.05) is 24.2 Å². The van der Waals surface area contributed by atoms with E-state index in [1.165, 1.54) is 6.20 Å². The number of ether oxygens (including phenoxy) is 1. The molecule has 1 aliphatic rings. The molecule has 0 atom stereocenters. The number of aromatic nitrogens is 2. The van der Waals surface area contributed by atoms with Crippen molar-refractivity contribution in [2.45, 2.75) is 37.1 Å². The zero-order valence-electron chi connectivity index (χ0n) is 12.1. The van der Waals surface area contributed by atoms with E-state index in [2.05, 4.69) is 14.7 Å². The molecule has 0 N–H and O–H groups in total. The molecule has 0 spiro atoms. The number of rotatable bonds is 3. The maximum atomic E-state index is 12.2. The predicted molar refractivity (Wildman–Crippen MR) is 72.3 cm³/mol. The zero-order chi connectivity index (χ0) is 16.5. The van der Waals surface area contributed by atoms with Gasteiger partial charge in [-0.1, -0.05) is 0 Å². The lowest BCUT2D eigenvalue weighted by Gasteiger charge is -2.33. The fourth-order valence-electron chi connectivity index (χ4n) is 2.31. The van der Waals surface area contributed by atoms with Crippen molar-refractivity contribution < 1.29 is 26.3 Å². The van der Waals surface area contributed by atoms with Gasteiger partial charge in [-0.3, -0.25) is 4.74 Å². The molecule has 2 heterocycles. The van der Waals surface area contributed by atoms with Crippen LogP contribution in [-0.2, 0) is 14.6 Å². The molecule has 1 fully saturated rings. The molecule has 0 bridgehead atoms. The van der Waals surface area contributed by atoms with Crippen molar-refractivity contribution in [1.29, 1.82) is 0 Å². The highest BCUT2D eigenvalue weighted by atomic mass is 32.2. The third-order valence-electron chi connectivity index (χ3n) is 3.30. The fourth-order valence-corrected chi connectivity index (χ4v) is 3.06. The Labute approximate surface area is 126 Å². The molecule has 22 heavy (non-hydrogen) atoms. The van der Waals surface area contributed by atoms with Crippen molar-refractivity contribution in [3.05, 3.63) is 12.0 Å². The highest BCUT2D eigenvalue weighted by Crippen LogP contribution is 2.28. The molecule has 0 unspecified atom stereocenters. The molecule has 1 aromatic heterocycles. The first-order valence-corrected chi connectivity index (χ1v) is 8.48. The Kier molecular flexibility index (Phi) is 4.62. The van der Waals surface area contributed by atoms with Gasteiger partial charge in [0.1, 0.15) is 10.7 Å². The number of aryl methyl sites for hydroxylation is 1. The highest BCUT2D eigenvalue weighted by Gasteiger charge is 2.35. The molecule has 0 saturated carbocycles. The van der Waals surface area contributed by atoms with Gasteiger partial charge in [0.25, 0.3) is 0 Å². The number of piperidine rings is 1. The Morgan fingerprint density at radius 3 is 2.41 bits per heavy atom. The molecule has 124 valence electrons. The minimum Gasteiger partial charge on any atom is -0.355 e. The summed E-state index contributed by atoms with van der Waals surface area (Å²) >= 11 is 0. The lowest BCUT2D eigenvalue weighted by atomic mass is 10.1. The first-order valence-electron chi connectivity index (χ1n) is 6.59. The van der Waals surface area contributed by atoms with Gasteiger partial charge in [-0.2, -0.15) is 0 Å². The normalized spacial score (nSPS) is 17.8. The van der Waals surface area contributed by atoms with Crippen LogP contribution in [0, 0.1) is 6.92 Å². The lowest BCUT2D eigenvalue weighted by Crippen LogP contribution is -2.40. The monoisotopic (exact) mass is 339 g/mol. The van der Waals surface area contributed by atoms with Crippen molar-refractivity contribution in [3.8, 4) is 0 Å². The summed E-state index contributed by atoms with van der Waals surface area (Å²) in [7, 11) is -3.52. The van der Waals surface area contributed by atoms with E-state index >= 15 is 0 Å². The second kappa shape index (κ2) is 5.99. The van der Waals surface area contributed by atoms with E-state index in [9.17, 15) is 21.6 Å². The zero-order valence-corrected chi connectivity index (χ0v) is 12.9. The number of anilines is 1. The molecule has 2 rings (SSSR count). The second-order valence-corrected chi connectivity index (χ2v) is 7.11. The summed E-state index contributed by atoms with van der Waals surface area (Å²) in [5.41, 5.74) is 0. The average Bonchev–Trinajstić information content (AvgIpc) is 2.36. The van der Waals surface area contributed by atoms with Crippen LogP contribution in [-0.4, -0.2) is 50.2 Å². The Bertz CT molecular complexity index is 641. The third-order valence-corrected chi connectivity index (χ3v) is 4.38. The van der Waals surface area contributed by atoms with E-state index in [0.29, 0.717) is 5.82 Å². The number of alkyl halides is 3. The van der Waals surface area contributed by atoms with Gasteiger partial charge < -0.3 is 4.90 Å². The first kappa shape index (κ1) is 16.9. The van der Waals surface area contributed by atoms with Crippen LogP contribution in [0.4, 0.5) is 19.0 Å². The number of hydrogen-bond acceptors (Lipinski definition) is 6. The summed E-state index contributed by atoms with van der Waals surface area (Å²) < 4.78 is 64.2. The van der Waals surface area contributed by atoms with Gasteiger partial charge in [0.15, 0.2) is 15.7 Å². The lowest BCUT2D eigenvalue weighted by molar-refractivity contribution is -0.344. The predicted octanol–water partition coefficient (Wildman–Crippen LogP) is 1.69. The molecule has 0 aliphatic carbocycles. The maximum Gasteiger partial charge on any atom is 0.522 e. The standard InChI is InChI=1S/C12H16F3N3O3S/c1-8-16-7-10(22(2,19)20)11(17-8)18-5-3-9(4-6-18)21-12(13,14)15/h7,9H,3-6H2,1-2H3. The summed E-state index contributed by atoms with van der Waals surface area (Å²) in [6.45, 7) is 2.09. The summed E-state index contributed by atoms with van der Waals surface area (Å²) in [4.78, 5) is 9.64. The molecular weight excluding hydrogens is 323 g/mol. The molecule has 1 saturated heterocycles. The van der Waals surface area contributed by atoms with Gasteiger partial charge in [0.05, 0.1) is 12.3 Å². The number of nitrogens with zero attached hydrogens (tertiary/aromatic N) is 3. The number of halogens is 3. The Morgan fingerprint density at radius 1 is 1.32 bits per heavy atom. The molecule has 0 radical (unpaired) electrons. The van der Waals surface area contributed by atoms with Crippen molar-refractivity contribution in [1.82, 2.24) is 9.97 Å². The van der Waals surface area contributed by atoms with Crippen LogP contribution in [0.1, 0.15) is 18.7 Å². The second-order valence-electron chi connectivity index (χ2n) is 5.13. The van der Waals surface area contributed by atoms with Gasteiger partial charge in [-0.15, -0.1) is 13.2 Å². The Hall–Kier alpha value is -1.42. The average molecular weight is 339 g/mol. The quantitative estimate of drug-likeness (QED) is 0.834. The van der Waals surface area contributed by atoms with Crippen LogP contribution >= 0.6 is 0 Å². The molecule has 6 nitrogen and oxygen atoms in total. The van der Waals surface area contributed by atoms with Gasteiger partial charge in [0, 0.05) is 19.3 Å². The molecule has 0 amide bonds. The van der Waals surface area contributed by atoms with Crippen LogP contribution in [0.2, 0.25) is 0 Å². The smallest absolute Gasteiger partial charge is 0.355 e. The van der Waals surface area contributed by atoms with Crippen molar-refractivity contribution >= 4 is 15.7 Å². The summed E-state index contributed by atoms with van der Waals surface area (Å²) in [5, 5.41) is 0. The van der Waals surface area contributed by atoms with Crippen LogP contribution in [0.5, 0.6) is 0 Å². The topological polar surface area (TPSA) is 72.4 Å². The van der Waals surface area contributed by atoms with Crippen molar-refractivity contribution in [3.63, 3.8) is 0 Å². The summed E-state index contributed by atoms with van der Waals surface area (Å²) in [5.74, 6) is 0.636. The summed E-state index contributed by atoms with van der Waals surface area (Å²) in [6, 6.07) is 0. The third kappa shape index (κ3) is 4.29. The first-order chi connectivity index (χ1) is 10.1. The maximum absolute atomic E-state index is 12.2. The van der Waals surface area contributed by atoms with E-state index < -0.39 is 22.3 Å². The number of sulfone groups is 1. The van der Waals surface area contributed by atoms with E-state index in [-0.39, 0.29) is 36.6 Å². The minimum atomic E-state index is -4.66. The SMILES string of the molecule is Cc1ncc(S(C)(=O)=O)c(N2CCC(OC(F)(F)F)CC2)n1. The highest BCUT2D eigenvalue weighted by molar-refractivity contribution is 7.90. The van der Waals surface area contributed by atoms with Gasteiger partial charge in [0.2, 0.25) is 0 Å². The van der Waals surface area contributed by atoms with E-state index in [1.54, 1.807) is 11.8 Å². The molecule has 1 aromatic rings. The van der Waals surface area contributed by atoms with Gasteiger partial charge in [-0.05, 0) is 19.8 Å². The Morgan fingerprint density at radius 2 is 1.91 bits per heavy atom. The van der Waals surface area contributed by atoms with E-state index in [0.717, 1.165) is 6.26 Å². The van der Waals surface area contributed by atoms with Gasteiger partial charge in [-0.25, -0.2) is 18.4 Å². The van der Waals surface area contributed by atoms with Crippen molar-refractivity contribution in [2.24, 2.45) is 0 Å². The Balaban J connectivity index is 2.16. The molecular formula is C12H16F3N3O3S. The van der Waals surface area contributed by atoms with Crippen LogP contribution < -0.4 is 4.90 Å². The van der Waals surface area contributed by atoms with E-state index in [1.807, 2.05) is 0 Å². The van der Waals surface area contributed by atoms with Gasteiger partial charge >= 0.3 is 6.36 Å². The number of hydrogen-bond donors (Lipinski definition) is 0. The fraction of sp³-hybridized carbons (Fsp3) is 0.667. The minimum absolute atomic E-state index is 0.0201. The van der Waals surface area contributed by atoms with E-state index in [4.69, 9.17) is 0 Å².